The van der Waals surface area contributed by atoms with Crippen LogP contribution in [0.15, 0.2) is 18.2 Å². The molecule has 1 aromatic rings. The summed E-state index contributed by atoms with van der Waals surface area (Å²) in [5.74, 6) is -1.08. The molecule has 5 heteroatoms. The van der Waals surface area contributed by atoms with Crippen LogP contribution in [0.4, 0.5) is 5.69 Å². The second-order valence-electron chi connectivity index (χ2n) is 5.89. The Balaban J connectivity index is 2.18. The van der Waals surface area contributed by atoms with Crippen LogP contribution in [-0.4, -0.2) is 24.1 Å². The standard InChI is InChI=1S/C15H19NO4/c1-15(2)7-12(15)13(17)16-11-5-9(8-20-3)4-10(6-11)14(18)19/h4-6,12H,7-8H2,1-3H3,(H,16,17)(H,18,19)/t12-/m1/s1. The highest BCUT2D eigenvalue weighted by molar-refractivity contribution is 5.96. The van der Waals surface area contributed by atoms with E-state index >= 15 is 0 Å². The van der Waals surface area contributed by atoms with E-state index in [9.17, 15) is 9.59 Å². The third-order valence-corrected chi connectivity index (χ3v) is 3.65. The number of carbonyl (C=O) groups is 2. The molecule has 0 spiro atoms. The number of hydrogen-bond donors (Lipinski definition) is 2. The van der Waals surface area contributed by atoms with Gasteiger partial charge in [0, 0.05) is 18.7 Å². The highest BCUT2D eigenvalue weighted by Gasteiger charge is 2.50. The van der Waals surface area contributed by atoms with Gasteiger partial charge in [-0.1, -0.05) is 13.8 Å². The Hall–Kier alpha value is -1.88. The molecular weight excluding hydrogens is 258 g/mol. The Bertz CT molecular complexity index is 551. The van der Waals surface area contributed by atoms with E-state index in [1.165, 1.54) is 6.07 Å². The van der Waals surface area contributed by atoms with E-state index in [-0.39, 0.29) is 22.8 Å². The molecule has 108 valence electrons. The summed E-state index contributed by atoms with van der Waals surface area (Å²) in [6.07, 6.45) is 0.863. The van der Waals surface area contributed by atoms with Crippen LogP contribution in [-0.2, 0) is 16.1 Å². The molecule has 1 saturated carbocycles. The Labute approximate surface area is 117 Å². The predicted molar refractivity (Wildman–Crippen MR) is 74.6 cm³/mol. The van der Waals surface area contributed by atoms with Crippen LogP contribution in [0.3, 0.4) is 0 Å². The van der Waals surface area contributed by atoms with Gasteiger partial charge in [-0.3, -0.25) is 4.79 Å². The van der Waals surface area contributed by atoms with E-state index in [2.05, 4.69) is 5.32 Å². The number of anilines is 1. The molecule has 0 radical (unpaired) electrons. The van der Waals surface area contributed by atoms with Crippen LogP contribution < -0.4 is 5.32 Å². The Morgan fingerprint density at radius 2 is 2.05 bits per heavy atom. The summed E-state index contributed by atoms with van der Waals surface area (Å²) < 4.78 is 5.01. The van der Waals surface area contributed by atoms with Crippen molar-refractivity contribution < 1.29 is 19.4 Å². The van der Waals surface area contributed by atoms with Crippen molar-refractivity contribution >= 4 is 17.6 Å². The van der Waals surface area contributed by atoms with Gasteiger partial charge < -0.3 is 15.2 Å². The fraction of sp³-hybridized carbons (Fsp3) is 0.467. The monoisotopic (exact) mass is 277 g/mol. The van der Waals surface area contributed by atoms with Crippen LogP contribution in [0.5, 0.6) is 0 Å². The number of carboxylic acids is 1. The quantitative estimate of drug-likeness (QED) is 0.867. The summed E-state index contributed by atoms with van der Waals surface area (Å²) in [5.41, 5.74) is 1.41. The number of nitrogens with one attached hydrogen (secondary N) is 1. The molecule has 0 aliphatic heterocycles. The summed E-state index contributed by atoms with van der Waals surface area (Å²) in [6, 6.07) is 4.75. The summed E-state index contributed by atoms with van der Waals surface area (Å²) >= 11 is 0. The summed E-state index contributed by atoms with van der Waals surface area (Å²) in [4.78, 5) is 23.1. The number of benzene rings is 1. The first-order valence-corrected chi connectivity index (χ1v) is 6.50. The van der Waals surface area contributed by atoms with Gasteiger partial charge in [0.05, 0.1) is 12.2 Å². The van der Waals surface area contributed by atoms with E-state index in [4.69, 9.17) is 9.84 Å². The van der Waals surface area contributed by atoms with Gasteiger partial charge >= 0.3 is 5.97 Å². The van der Waals surface area contributed by atoms with E-state index in [1.807, 2.05) is 13.8 Å². The van der Waals surface area contributed by atoms with Crippen molar-refractivity contribution in [2.45, 2.75) is 26.9 Å². The number of carbonyl (C=O) groups excluding carboxylic acids is 1. The Morgan fingerprint density at radius 1 is 1.40 bits per heavy atom. The number of ether oxygens (including phenoxy) is 1. The van der Waals surface area contributed by atoms with E-state index in [0.29, 0.717) is 12.3 Å². The summed E-state index contributed by atoms with van der Waals surface area (Å²) in [7, 11) is 1.54. The van der Waals surface area contributed by atoms with Gasteiger partial charge in [-0.15, -0.1) is 0 Å². The third-order valence-electron chi connectivity index (χ3n) is 3.65. The topological polar surface area (TPSA) is 75.6 Å². The molecular formula is C15H19NO4. The lowest BCUT2D eigenvalue weighted by Crippen LogP contribution is -2.17. The van der Waals surface area contributed by atoms with Crippen molar-refractivity contribution in [2.24, 2.45) is 11.3 Å². The summed E-state index contributed by atoms with van der Waals surface area (Å²) in [5, 5.41) is 11.9. The van der Waals surface area contributed by atoms with Gasteiger partial charge in [0.25, 0.3) is 0 Å². The summed E-state index contributed by atoms with van der Waals surface area (Å²) in [6.45, 7) is 4.39. The lowest BCUT2D eigenvalue weighted by atomic mass is 10.1. The maximum absolute atomic E-state index is 12.1. The minimum atomic E-state index is -1.02. The fourth-order valence-corrected chi connectivity index (χ4v) is 2.28. The van der Waals surface area contributed by atoms with Gasteiger partial charge in [-0.2, -0.15) is 0 Å². The van der Waals surface area contributed by atoms with Crippen LogP contribution in [0, 0.1) is 11.3 Å². The molecule has 1 fully saturated rings. The Kier molecular flexibility index (Phi) is 3.81. The maximum Gasteiger partial charge on any atom is 0.335 e. The first-order valence-electron chi connectivity index (χ1n) is 6.50. The smallest absolute Gasteiger partial charge is 0.335 e. The number of aromatic carboxylic acids is 1. The molecule has 1 aliphatic carbocycles. The lowest BCUT2D eigenvalue weighted by molar-refractivity contribution is -0.118. The van der Waals surface area contributed by atoms with Gasteiger partial charge in [-0.05, 0) is 35.6 Å². The third kappa shape index (κ3) is 3.17. The Morgan fingerprint density at radius 3 is 2.55 bits per heavy atom. The molecule has 1 atom stereocenters. The van der Waals surface area contributed by atoms with Gasteiger partial charge in [-0.25, -0.2) is 4.79 Å². The van der Waals surface area contributed by atoms with Gasteiger partial charge in [0.1, 0.15) is 0 Å². The zero-order valence-corrected chi connectivity index (χ0v) is 11.9. The minimum absolute atomic E-state index is 0.00172. The van der Waals surface area contributed by atoms with Crippen molar-refractivity contribution in [2.75, 3.05) is 12.4 Å². The molecule has 2 N–H and O–H groups in total. The van der Waals surface area contributed by atoms with Crippen LogP contribution >= 0.6 is 0 Å². The highest BCUT2D eigenvalue weighted by atomic mass is 16.5. The van der Waals surface area contributed by atoms with E-state index < -0.39 is 5.97 Å². The van der Waals surface area contributed by atoms with Crippen LogP contribution in [0.1, 0.15) is 36.2 Å². The number of hydrogen-bond acceptors (Lipinski definition) is 3. The van der Waals surface area contributed by atoms with Crippen molar-refractivity contribution in [1.29, 1.82) is 0 Å². The minimum Gasteiger partial charge on any atom is -0.478 e. The second kappa shape index (κ2) is 5.25. The van der Waals surface area contributed by atoms with Crippen LogP contribution in [0.2, 0.25) is 0 Å². The molecule has 1 aromatic carbocycles. The molecule has 1 amide bonds. The number of amides is 1. The molecule has 0 bridgehead atoms. The average molecular weight is 277 g/mol. The fourth-order valence-electron chi connectivity index (χ4n) is 2.28. The van der Waals surface area contributed by atoms with Crippen molar-refractivity contribution in [3.63, 3.8) is 0 Å². The van der Waals surface area contributed by atoms with Crippen LogP contribution in [0.25, 0.3) is 0 Å². The highest BCUT2D eigenvalue weighted by Crippen LogP contribution is 2.52. The molecule has 0 unspecified atom stereocenters. The van der Waals surface area contributed by atoms with E-state index in [1.54, 1.807) is 19.2 Å². The van der Waals surface area contributed by atoms with Crippen molar-refractivity contribution in [1.82, 2.24) is 0 Å². The van der Waals surface area contributed by atoms with Crippen molar-refractivity contribution in [3.05, 3.63) is 29.3 Å². The van der Waals surface area contributed by atoms with Crippen molar-refractivity contribution in [3.8, 4) is 0 Å². The van der Waals surface area contributed by atoms with Gasteiger partial charge in [0.2, 0.25) is 5.91 Å². The average Bonchev–Trinajstić information content (AvgIpc) is 2.98. The largest absolute Gasteiger partial charge is 0.478 e. The first-order chi connectivity index (χ1) is 9.33. The predicted octanol–water partition coefficient (Wildman–Crippen LogP) is 2.52. The normalized spacial score (nSPS) is 19.4. The molecule has 1 aliphatic rings. The molecule has 20 heavy (non-hydrogen) atoms. The lowest BCUT2D eigenvalue weighted by Gasteiger charge is -2.10. The first kappa shape index (κ1) is 14.5. The molecule has 2 rings (SSSR count). The zero-order chi connectivity index (χ0) is 14.9. The number of carboxylic acid groups (broad SMARTS) is 1. The number of rotatable bonds is 5. The SMILES string of the molecule is COCc1cc(NC(=O)[C@H]2CC2(C)C)cc(C(=O)O)c1. The second-order valence-corrected chi connectivity index (χ2v) is 5.89. The molecule has 0 aromatic heterocycles. The number of methoxy groups -OCH3 is 1. The van der Waals surface area contributed by atoms with Gasteiger partial charge in [0.15, 0.2) is 0 Å². The zero-order valence-electron chi connectivity index (χ0n) is 11.9. The molecule has 5 nitrogen and oxygen atoms in total. The molecule has 0 heterocycles. The van der Waals surface area contributed by atoms with E-state index in [0.717, 1.165) is 12.0 Å². The molecule has 0 saturated heterocycles. The maximum atomic E-state index is 12.1.